The van der Waals surface area contributed by atoms with Crippen LogP contribution in [0.15, 0.2) is 0 Å². The van der Waals surface area contributed by atoms with E-state index >= 15 is 0 Å². The normalized spacial score (nSPS) is 18.2. The van der Waals surface area contributed by atoms with Gasteiger partial charge in [0.1, 0.15) is 17.2 Å². The molecule has 126 valence electrons. The standard InChI is InChI=1S/C15H26N2O5/c1-10(11(18)21-5)16-12(19)15(8-6-7-9-15)17-13(20)22-14(2,3)4/h10H,6-9H2,1-5H3,(H,16,19)(H,17,20)/t10-/m0/s1. The van der Waals surface area contributed by atoms with E-state index in [2.05, 4.69) is 15.4 Å². The van der Waals surface area contributed by atoms with Crippen molar-refractivity contribution in [3.8, 4) is 0 Å². The van der Waals surface area contributed by atoms with Gasteiger partial charge in [-0.25, -0.2) is 9.59 Å². The van der Waals surface area contributed by atoms with Gasteiger partial charge in [-0.2, -0.15) is 0 Å². The van der Waals surface area contributed by atoms with Crippen LogP contribution in [0.4, 0.5) is 4.79 Å². The number of amides is 2. The van der Waals surface area contributed by atoms with Crippen molar-refractivity contribution in [2.24, 2.45) is 0 Å². The number of esters is 1. The highest BCUT2D eigenvalue weighted by molar-refractivity contribution is 5.93. The van der Waals surface area contributed by atoms with Crippen LogP contribution < -0.4 is 10.6 Å². The Labute approximate surface area is 131 Å². The van der Waals surface area contributed by atoms with Crippen molar-refractivity contribution >= 4 is 18.0 Å². The highest BCUT2D eigenvalue weighted by Crippen LogP contribution is 2.30. The third-order valence-electron chi connectivity index (χ3n) is 3.53. The van der Waals surface area contributed by atoms with E-state index in [0.717, 1.165) is 12.8 Å². The van der Waals surface area contributed by atoms with Crippen molar-refractivity contribution in [3.05, 3.63) is 0 Å². The summed E-state index contributed by atoms with van der Waals surface area (Å²) < 4.78 is 9.82. The molecule has 1 atom stereocenters. The summed E-state index contributed by atoms with van der Waals surface area (Å²) >= 11 is 0. The molecular weight excluding hydrogens is 288 g/mol. The Balaban J connectivity index is 2.76. The Morgan fingerprint density at radius 2 is 1.68 bits per heavy atom. The fraction of sp³-hybridized carbons (Fsp3) is 0.800. The largest absolute Gasteiger partial charge is 0.467 e. The number of hydrogen-bond acceptors (Lipinski definition) is 5. The molecule has 0 aromatic rings. The molecule has 22 heavy (non-hydrogen) atoms. The molecule has 0 aromatic heterocycles. The summed E-state index contributed by atoms with van der Waals surface area (Å²) in [7, 11) is 1.26. The third-order valence-corrected chi connectivity index (χ3v) is 3.53. The molecule has 1 aliphatic rings. The molecule has 0 aromatic carbocycles. The average Bonchev–Trinajstić information content (AvgIpc) is 2.84. The van der Waals surface area contributed by atoms with Gasteiger partial charge in [-0.15, -0.1) is 0 Å². The highest BCUT2D eigenvalue weighted by Gasteiger charge is 2.44. The summed E-state index contributed by atoms with van der Waals surface area (Å²) in [5.74, 6) is -0.910. The van der Waals surface area contributed by atoms with Crippen LogP contribution in [0.5, 0.6) is 0 Å². The minimum Gasteiger partial charge on any atom is -0.467 e. The van der Waals surface area contributed by atoms with Crippen molar-refractivity contribution in [1.82, 2.24) is 10.6 Å². The van der Waals surface area contributed by atoms with E-state index < -0.39 is 29.2 Å². The maximum absolute atomic E-state index is 12.5. The molecule has 2 amide bonds. The first kappa shape index (κ1) is 18.3. The predicted octanol–water partition coefficient (Wildman–Crippen LogP) is 1.50. The molecule has 2 N–H and O–H groups in total. The van der Waals surface area contributed by atoms with Crippen LogP contribution >= 0.6 is 0 Å². The number of ether oxygens (including phenoxy) is 2. The number of carbonyl (C=O) groups excluding carboxylic acids is 3. The van der Waals surface area contributed by atoms with Crippen molar-refractivity contribution in [3.63, 3.8) is 0 Å². The van der Waals surface area contributed by atoms with Crippen molar-refractivity contribution in [2.75, 3.05) is 7.11 Å². The minimum atomic E-state index is -1.02. The molecule has 0 heterocycles. The number of carbonyl (C=O) groups is 3. The Morgan fingerprint density at radius 3 is 2.14 bits per heavy atom. The quantitative estimate of drug-likeness (QED) is 0.767. The van der Waals surface area contributed by atoms with Gasteiger partial charge in [-0.05, 0) is 40.5 Å². The maximum atomic E-state index is 12.5. The van der Waals surface area contributed by atoms with E-state index in [-0.39, 0.29) is 5.91 Å². The number of alkyl carbamates (subject to hydrolysis) is 1. The summed E-state index contributed by atoms with van der Waals surface area (Å²) in [4.78, 5) is 35.9. The lowest BCUT2D eigenvalue weighted by molar-refractivity contribution is -0.145. The molecule has 0 radical (unpaired) electrons. The Morgan fingerprint density at radius 1 is 1.14 bits per heavy atom. The number of nitrogens with one attached hydrogen (secondary N) is 2. The van der Waals surface area contributed by atoms with Crippen LogP contribution in [-0.2, 0) is 19.1 Å². The van der Waals surface area contributed by atoms with Crippen LogP contribution in [0.2, 0.25) is 0 Å². The van der Waals surface area contributed by atoms with Crippen LogP contribution in [0.1, 0.15) is 53.4 Å². The highest BCUT2D eigenvalue weighted by atomic mass is 16.6. The monoisotopic (exact) mass is 314 g/mol. The number of methoxy groups -OCH3 is 1. The molecule has 0 aliphatic heterocycles. The van der Waals surface area contributed by atoms with E-state index in [1.54, 1.807) is 27.7 Å². The van der Waals surface area contributed by atoms with Crippen molar-refractivity contribution < 1.29 is 23.9 Å². The Bertz CT molecular complexity index is 436. The molecule has 7 heteroatoms. The van der Waals surface area contributed by atoms with Crippen molar-refractivity contribution in [2.45, 2.75) is 70.6 Å². The van der Waals surface area contributed by atoms with Gasteiger partial charge >= 0.3 is 12.1 Å². The van der Waals surface area contributed by atoms with E-state index in [9.17, 15) is 14.4 Å². The molecule has 0 spiro atoms. The summed E-state index contributed by atoms with van der Waals surface area (Å²) in [6.45, 7) is 6.81. The van der Waals surface area contributed by atoms with Crippen molar-refractivity contribution in [1.29, 1.82) is 0 Å². The second kappa shape index (κ2) is 6.98. The third kappa shape index (κ3) is 4.89. The molecule has 1 aliphatic carbocycles. The molecule has 0 bridgehead atoms. The van der Waals surface area contributed by atoms with E-state index in [1.807, 2.05) is 0 Å². The lowest BCUT2D eigenvalue weighted by Gasteiger charge is -2.31. The molecular formula is C15H26N2O5. The first-order chi connectivity index (χ1) is 10.1. The van der Waals surface area contributed by atoms with Gasteiger partial charge in [-0.3, -0.25) is 4.79 Å². The summed E-state index contributed by atoms with van der Waals surface area (Å²) in [6.07, 6.45) is 2.07. The van der Waals surface area contributed by atoms with E-state index in [0.29, 0.717) is 12.8 Å². The van der Waals surface area contributed by atoms with Gasteiger partial charge in [0, 0.05) is 0 Å². The van der Waals surface area contributed by atoms with Gasteiger partial charge in [0.05, 0.1) is 7.11 Å². The fourth-order valence-electron chi connectivity index (χ4n) is 2.46. The van der Waals surface area contributed by atoms with Gasteiger partial charge in [0.25, 0.3) is 0 Å². The first-order valence-electron chi connectivity index (χ1n) is 7.49. The summed E-state index contributed by atoms with van der Waals surface area (Å²) in [5.41, 5.74) is -1.66. The van der Waals surface area contributed by atoms with Gasteiger partial charge < -0.3 is 20.1 Å². The molecule has 1 saturated carbocycles. The summed E-state index contributed by atoms with van der Waals surface area (Å²) in [6, 6.07) is -0.768. The Hall–Kier alpha value is -1.79. The lowest BCUT2D eigenvalue weighted by atomic mass is 9.96. The SMILES string of the molecule is COC(=O)[C@H](C)NC(=O)C1(NC(=O)OC(C)(C)C)CCCC1. The average molecular weight is 314 g/mol. The van der Waals surface area contributed by atoms with Gasteiger partial charge in [0.15, 0.2) is 0 Å². The smallest absolute Gasteiger partial charge is 0.408 e. The topological polar surface area (TPSA) is 93.7 Å². The predicted molar refractivity (Wildman–Crippen MR) is 80.2 cm³/mol. The zero-order valence-electron chi connectivity index (χ0n) is 13.9. The van der Waals surface area contributed by atoms with E-state index in [1.165, 1.54) is 7.11 Å². The van der Waals surface area contributed by atoms with Gasteiger partial charge in [0.2, 0.25) is 5.91 Å². The number of rotatable bonds is 4. The van der Waals surface area contributed by atoms with Gasteiger partial charge in [-0.1, -0.05) is 12.8 Å². The maximum Gasteiger partial charge on any atom is 0.408 e. The summed E-state index contributed by atoms with van der Waals surface area (Å²) in [5, 5.41) is 5.28. The zero-order chi connectivity index (χ0) is 17.0. The first-order valence-corrected chi connectivity index (χ1v) is 7.49. The lowest BCUT2D eigenvalue weighted by Crippen LogP contribution is -2.60. The second-order valence-corrected chi connectivity index (χ2v) is 6.63. The molecule has 0 saturated heterocycles. The van der Waals surface area contributed by atoms with Crippen LogP contribution in [0, 0.1) is 0 Å². The zero-order valence-corrected chi connectivity index (χ0v) is 13.9. The Kier molecular flexibility index (Phi) is 5.79. The van der Waals surface area contributed by atoms with E-state index in [4.69, 9.17) is 4.74 Å². The molecule has 1 fully saturated rings. The second-order valence-electron chi connectivity index (χ2n) is 6.63. The van der Waals surface area contributed by atoms with Crippen LogP contribution in [0.25, 0.3) is 0 Å². The van der Waals surface area contributed by atoms with Crippen LogP contribution in [-0.4, -0.2) is 42.3 Å². The fourth-order valence-corrected chi connectivity index (χ4v) is 2.46. The number of hydrogen-bond donors (Lipinski definition) is 2. The minimum absolute atomic E-state index is 0.381. The van der Waals surface area contributed by atoms with Crippen LogP contribution in [0.3, 0.4) is 0 Å². The molecule has 1 rings (SSSR count). The molecule has 0 unspecified atom stereocenters. The molecule has 7 nitrogen and oxygen atoms in total.